The highest BCUT2D eigenvalue weighted by atomic mass is 19.1. The Bertz CT molecular complexity index is 865. The van der Waals surface area contributed by atoms with E-state index in [1.54, 1.807) is 17.0 Å². The molecule has 3 amide bonds. The van der Waals surface area contributed by atoms with Gasteiger partial charge in [0.2, 0.25) is 5.91 Å². The Morgan fingerprint density at radius 1 is 0.962 bits per heavy atom. The van der Waals surface area contributed by atoms with Gasteiger partial charge in [-0.1, -0.05) is 6.07 Å². The molecule has 0 radical (unpaired) electrons. The molecule has 1 aliphatic rings. The zero-order chi connectivity index (χ0) is 18.7. The van der Waals surface area contributed by atoms with Crippen LogP contribution in [0.5, 0.6) is 0 Å². The Labute approximate surface area is 150 Å². The number of anilines is 3. The van der Waals surface area contributed by atoms with Crippen molar-refractivity contribution >= 4 is 34.8 Å². The molecule has 134 valence electrons. The van der Waals surface area contributed by atoms with Crippen LogP contribution in [0.3, 0.4) is 0 Å². The monoisotopic (exact) mass is 355 g/mol. The van der Waals surface area contributed by atoms with E-state index in [-0.39, 0.29) is 5.91 Å². The molecule has 0 aromatic heterocycles. The summed E-state index contributed by atoms with van der Waals surface area (Å²) in [6.45, 7) is 2.13. The second-order valence-corrected chi connectivity index (χ2v) is 6.03. The van der Waals surface area contributed by atoms with Crippen LogP contribution >= 0.6 is 0 Å². The lowest BCUT2D eigenvalue weighted by molar-refractivity contribution is -0.132. The first-order valence-electron chi connectivity index (χ1n) is 8.23. The Kier molecular flexibility index (Phi) is 4.97. The minimum atomic E-state index is -0.863. The van der Waals surface area contributed by atoms with Crippen molar-refractivity contribution in [3.8, 4) is 0 Å². The highest BCUT2D eigenvalue weighted by molar-refractivity contribution is 6.43. The minimum Gasteiger partial charge on any atom is -0.318 e. The van der Waals surface area contributed by atoms with Crippen molar-refractivity contribution in [2.24, 2.45) is 0 Å². The van der Waals surface area contributed by atoms with Crippen LogP contribution in [-0.4, -0.2) is 24.3 Å². The lowest BCUT2D eigenvalue weighted by atomic mass is 10.0. The number of carbonyl (C=O) groups is 3. The largest absolute Gasteiger partial charge is 0.318 e. The number of halogens is 1. The number of fused-ring (bicyclic) bond motifs is 1. The SMILES string of the molecule is CC(=O)N1CCCc2ccc(NC(=O)C(=O)Nc3ccc(F)cc3)cc21. The molecule has 0 aliphatic carbocycles. The van der Waals surface area contributed by atoms with E-state index >= 15 is 0 Å². The fraction of sp³-hybridized carbons (Fsp3) is 0.211. The van der Waals surface area contributed by atoms with Gasteiger partial charge in [0.25, 0.3) is 0 Å². The van der Waals surface area contributed by atoms with E-state index in [4.69, 9.17) is 0 Å². The molecule has 1 aliphatic heterocycles. The number of amides is 3. The summed E-state index contributed by atoms with van der Waals surface area (Å²) in [5.74, 6) is -2.21. The van der Waals surface area contributed by atoms with E-state index in [0.717, 1.165) is 24.1 Å². The van der Waals surface area contributed by atoms with Crippen LogP contribution in [0, 0.1) is 5.82 Å². The Morgan fingerprint density at radius 3 is 2.23 bits per heavy atom. The van der Waals surface area contributed by atoms with Crippen LogP contribution in [0.15, 0.2) is 42.5 Å². The zero-order valence-electron chi connectivity index (χ0n) is 14.2. The van der Waals surface area contributed by atoms with E-state index in [0.29, 0.717) is 17.9 Å². The molecule has 0 saturated carbocycles. The Morgan fingerprint density at radius 2 is 1.58 bits per heavy atom. The van der Waals surface area contributed by atoms with Crippen molar-refractivity contribution in [3.05, 3.63) is 53.8 Å². The molecule has 0 bridgehead atoms. The topological polar surface area (TPSA) is 78.5 Å². The van der Waals surface area contributed by atoms with Crippen molar-refractivity contribution in [1.29, 1.82) is 0 Å². The van der Waals surface area contributed by atoms with Crippen molar-refractivity contribution < 1.29 is 18.8 Å². The second-order valence-electron chi connectivity index (χ2n) is 6.03. The number of hydrogen-bond donors (Lipinski definition) is 2. The first-order chi connectivity index (χ1) is 12.4. The van der Waals surface area contributed by atoms with Gasteiger partial charge in [0.15, 0.2) is 0 Å². The number of carbonyl (C=O) groups excluding carboxylic acids is 3. The number of nitrogens with one attached hydrogen (secondary N) is 2. The molecule has 0 saturated heterocycles. The summed E-state index contributed by atoms with van der Waals surface area (Å²) in [5, 5.41) is 4.92. The predicted molar refractivity (Wildman–Crippen MR) is 96.4 cm³/mol. The second kappa shape index (κ2) is 7.35. The summed E-state index contributed by atoms with van der Waals surface area (Å²) in [5.41, 5.74) is 2.52. The lowest BCUT2D eigenvalue weighted by Gasteiger charge is -2.29. The molecule has 26 heavy (non-hydrogen) atoms. The molecule has 0 spiro atoms. The molecular formula is C19H18FN3O3. The number of hydrogen-bond acceptors (Lipinski definition) is 3. The first kappa shape index (κ1) is 17.6. The summed E-state index contributed by atoms with van der Waals surface area (Å²) >= 11 is 0. The molecule has 2 aromatic rings. The van der Waals surface area contributed by atoms with Crippen LogP contribution < -0.4 is 15.5 Å². The standard InChI is InChI=1S/C19H18FN3O3/c1-12(24)23-10-2-3-13-4-7-16(11-17(13)23)22-19(26)18(25)21-15-8-5-14(20)6-9-15/h4-9,11H,2-3,10H2,1H3,(H,21,25)(H,22,26). The van der Waals surface area contributed by atoms with Gasteiger partial charge in [0, 0.05) is 30.5 Å². The predicted octanol–water partition coefficient (Wildman–Crippen LogP) is 2.70. The fourth-order valence-corrected chi connectivity index (χ4v) is 2.89. The van der Waals surface area contributed by atoms with Crippen molar-refractivity contribution in [2.45, 2.75) is 19.8 Å². The third-order valence-electron chi connectivity index (χ3n) is 4.15. The molecule has 0 fully saturated rings. The highest BCUT2D eigenvalue weighted by Crippen LogP contribution is 2.30. The smallest absolute Gasteiger partial charge is 0.314 e. The van der Waals surface area contributed by atoms with Crippen molar-refractivity contribution in [3.63, 3.8) is 0 Å². The summed E-state index contributed by atoms with van der Waals surface area (Å²) in [7, 11) is 0. The summed E-state index contributed by atoms with van der Waals surface area (Å²) in [6, 6.07) is 10.3. The maximum absolute atomic E-state index is 12.9. The first-order valence-corrected chi connectivity index (χ1v) is 8.23. The summed E-state index contributed by atoms with van der Waals surface area (Å²) < 4.78 is 12.9. The highest BCUT2D eigenvalue weighted by Gasteiger charge is 2.21. The molecule has 7 heteroatoms. The Hall–Kier alpha value is -3.22. The van der Waals surface area contributed by atoms with Crippen LogP contribution in [0.4, 0.5) is 21.5 Å². The fourth-order valence-electron chi connectivity index (χ4n) is 2.89. The zero-order valence-corrected chi connectivity index (χ0v) is 14.2. The summed E-state index contributed by atoms with van der Waals surface area (Å²) in [4.78, 5) is 37.5. The van der Waals surface area contributed by atoms with E-state index in [9.17, 15) is 18.8 Å². The van der Waals surface area contributed by atoms with E-state index in [2.05, 4.69) is 10.6 Å². The van der Waals surface area contributed by atoms with Gasteiger partial charge in [-0.3, -0.25) is 14.4 Å². The van der Waals surface area contributed by atoms with Gasteiger partial charge >= 0.3 is 11.8 Å². The van der Waals surface area contributed by atoms with E-state index < -0.39 is 17.6 Å². The molecule has 0 unspecified atom stereocenters. The third kappa shape index (κ3) is 3.88. The van der Waals surface area contributed by atoms with Crippen LogP contribution in [-0.2, 0) is 20.8 Å². The van der Waals surface area contributed by atoms with Crippen molar-refractivity contribution in [2.75, 3.05) is 22.1 Å². The maximum atomic E-state index is 12.9. The molecular weight excluding hydrogens is 337 g/mol. The van der Waals surface area contributed by atoms with E-state index in [1.807, 2.05) is 6.07 Å². The molecule has 2 aromatic carbocycles. The molecule has 6 nitrogen and oxygen atoms in total. The number of benzene rings is 2. The van der Waals surface area contributed by atoms with Gasteiger partial charge in [0.1, 0.15) is 5.82 Å². The number of aryl methyl sites for hydroxylation is 1. The molecule has 2 N–H and O–H groups in total. The Balaban J connectivity index is 1.71. The van der Waals surface area contributed by atoms with Crippen LogP contribution in [0.25, 0.3) is 0 Å². The molecule has 3 rings (SSSR count). The average Bonchev–Trinajstić information content (AvgIpc) is 2.62. The van der Waals surface area contributed by atoms with Gasteiger partial charge in [-0.2, -0.15) is 0 Å². The molecule has 0 atom stereocenters. The quantitative estimate of drug-likeness (QED) is 0.813. The summed E-state index contributed by atoms with van der Waals surface area (Å²) in [6.07, 6.45) is 1.75. The third-order valence-corrected chi connectivity index (χ3v) is 4.15. The lowest BCUT2D eigenvalue weighted by Crippen LogP contribution is -2.34. The van der Waals surface area contributed by atoms with Gasteiger partial charge in [-0.25, -0.2) is 4.39 Å². The van der Waals surface area contributed by atoms with Gasteiger partial charge in [0.05, 0.1) is 0 Å². The van der Waals surface area contributed by atoms with Gasteiger partial charge in [-0.15, -0.1) is 0 Å². The van der Waals surface area contributed by atoms with Gasteiger partial charge in [-0.05, 0) is 54.8 Å². The maximum Gasteiger partial charge on any atom is 0.314 e. The van der Waals surface area contributed by atoms with Crippen LogP contribution in [0.1, 0.15) is 18.9 Å². The normalized spacial score (nSPS) is 12.9. The average molecular weight is 355 g/mol. The molecule has 1 heterocycles. The van der Waals surface area contributed by atoms with Crippen molar-refractivity contribution in [1.82, 2.24) is 0 Å². The minimum absolute atomic E-state index is 0.0662. The number of rotatable bonds is 2. The van der Waals surface area contributed by atoms with Gasteiger partial charge < -0.3 is 15.5 Å². The number of nitrogens with zero attached hydrogens (tertiary/aromatic N) is 1. The van der Waals surface area contributed by atoms with E-state index in [1.165, 1.54) is 31.2 Å². The van der Waals surface area contributed by atoms with Crippen LogP contribution in [0.2, 0.25) is 0 Å².